The number of hydrogen-bond acceptors (Lipinski definition) is 1. The molecule has 0 aromatic carbocycles. The van der Waals surface area contributed by atoms with E-state index in [-0.39, 0.29) is 0 Å². The molecule has 1 aromatic rings. The molecule has 1 heterocycles. The van der Waals surface area contributed by atoms with Gasteiger partial charge in [-0.2, -0.15) is 0 Å². The van der Waals surface area contributed by atoms with Crippen LogP contribution in [0, 0.1) is 20.8 Å². The molecule has 0 aliphatic heterocycles. The van der Waals surface area contributed by atoms with E-state index in [0.29, 0.717) is 0 Å². The number of rotatable bonds is 4. The fourth-order valence-corrected chi connectivity index (χ4v) is 1.67. The molecule has 2 heteroatoms. The predicted octanol–water partition coefficient (Wildman–Crippen LogP) is 3.00. The van der Waals surface area contributed by atoms with E-state index in [9.17, 15) is 0 Å². The molecule has 13 heavy (non-hydrogen) atoms. The van der Waals surface area contributed by atoms with Crippen LogP contribution in [0.5, 0.6) is 0 Å². The maximum Gasteiger partial charge on any atom is 0.106 e. The molecule has 2 nitrogen and oxygen atoms in total. The predicted molar refractivity (Wildman–Crippen MR) is 56.0 cm³/mol. The van der Waals surface area contributed by atoms with Gasteiger partial charge in [0.25, 0.3) is 0 Å². The molecular formula is C11H20N2. The lowest BCUT2D eigenvalue weighted by Gasteiger charge is -2.06. The standard InChI is InChI=1S/C11H20N2/c1-5-6-7-8-13-10(3)9(2)12-11(13)4/h5-8H2,1-4H3. The van der Waals surface area contributed by atoms with E-state index in [4.69, 9.17) is 0 Å². The molecule has 0 saturated heterocycles. The quantitative estimate of drug-likeness (QED) is 0.651. The molecule has 0 bridgehead atoms. The highest BCUT2D eigenvalue weighted by Gasteiger charge is 2.05. The van der Waals surface area contributed by atoms with Crippen LogP contribution in [-0.2, 0) is 6.54 Å². The Hall–Kier alpha value is -0.790. The van der Waals surface area contributed by atoms with Crippen molar-refractivity contribution in [1.29, 1.82) is 0 Å². The molecule has 0 N–H and O–H groups in total. The van der Waals surface area contributed by atoms with Crippen molar-refractivity contribution in [1.82, 2.24) is 9.55 Å². The minimum absolute atomic E-state index is 1.13. The Labute approximate surface area is 81.0 Å². The van der Waals surface area contributed by atoms with Crippen LogP contribution >= 0.6 is 0 Å². The van der Waals surface area contributed by atoms with E-state index >= 15 is 0 Å². The number of unbranched alkanes of at least 4 members (excludes halogenated alkanes) is 2. The minimum atomic E-state index is 1.13. The summed E-state index contributed by atoms with van der Waals surface area (Å²) in [6, 6.07) is 0. The average molecular weight is 180 g/mol. The first-order chi connectivity index (χ1) is 6.16. The topological polar surface area (TPSA) is 17.8 Å². The highest BCUT2D eigenvalue weighted by Crippen LogP contribution is 2.10. The van der Waals surface area contributed by atoms with Crippen molar-refractivity contribution in [3.63, 3.8) is 0 Å². The summed E-state index contributed by atoms with van der Waals surface area (Å²) in [4.78, 5) is 4.45. The normalized spacial score (nSPS) is 10.8. The third-order valence-corrected chi connectivity index (χ3v) is 2.63. The summed E-state index contributed by atoms with van der Waals surface area (Å²) < 4.78 is 2.32. The molecule has 0 unspecified atom stereocenters. The van der Waals surface area contributed by atoms with Gasteiger partial charge >= 0.3 is 0 Å². The second-order valence-electron chi connectivity index (χ2n) is 3.69. The highest BCUT2D eigenvalue weighted by molar-refractivity contribution is 5.13. The Kier molecular flexibility index (Phi) is 3.52. The lowest BCUT2D eigenvalue weighted by atomic mass is 10.2. The van der Waals surface area contributed by atoms with Crippen LogP contribution in [0.4, 0.5) is 0 Å². The van der Waals surface area contributed by atoms with Crippen LogP contribution < -0.4 is 0 Å². The van der Waals surface area contributed by atoms with Crippen molar-refractivity contribution in [2.24, 2.45) is 0 Å². The van der Waals surface area contributed by atoms with Gasteiger partial charge in [-0.1, -0.05) is 19.8 Å². The maximum absolute atomic E-state index is 4.45. The molecular weight excluding hydrogens is 160 g/mol. The summed E-state index contributed by atoms with van der Waals surface area (Å²) in [6.45, 7) is 9.69. The summed E-state index contributed by atoms with van der Waals surface area (Å²) in [5.74, 6) is 1.16. The van der Waals surface area contributed by atoms with E-state index in [0.717, 1.165) is 12.4 Å². The van der Waals surface area contributed by atoms with Crippen LogP contribution in [-0.4, -0.2) is 9.55 Å². The van der Waals surface area contributed by atoms with Gasteiger partial charge in [0.05, 0.1) is 5.69 Å². The summed E-state index contributed by atoms with van der Waals surface area (Å²) in [7, 11) is 0. The summed E-state index contributed by atoms with van der Waals surface area (Å²) in [5, 5.41) is 0. The van der Waals surface area contributed by atoms with E-state index in [1.54, 1.807) is 0 Å². The maximum atomic E-state index is 4.45. The lowest BCUT2D eigenvalue weighted by molar-refractivity contribution is 0.580. The number of nitrogens with zero attached hydrogens (tertiary/aromatic N) is 2. The molecule has 0 amide bonds. The number of imidazole rings is 1. The second kappa shape index (κ2) is 4.45. The van der Waals surface area contributed by atoms with Crippen LogP contribution in [0.25, 0.3) is 0 Å². The third-order valence-electron chi connectivity index (χ3n) is 2.63. The van der Waals surface area contributed by atoms with Crippen molar-refractivity contribution in [2.45, 2.75) is 53.5 Å². The van der Waals surface area contributed by atoms with Gasteiger partial charge in [-0.25, -0.2) is 4.98 Å². The van der Waals surface area contributed by atoms with Crippen molar-refractivity contribution >= 4 is 0 Å². The van der Waals surface area contributed by atoms with Crippen LogP contribution in [0.2, 0.25) is 0 Å². The van der Waals surface area contributed by atoms with Crippen LogP contribution in [0.3, 0.4) is 0 Å². The average Bonchev–Trinajstić information content (AvgIpc) is 2.32. The molecule has 0 aliphatic rings. The fourth-order valence-electron chi connectivity index (χ4n) is 1.67. The Morgan fingerprint density at radius 1 is 1.15 bits per heavy atom. The van der Waals surface area contributed by atoms with Crippen molar-refractivity contribution < 1.29 is 0 Å². The zero-order valence-electron chi connectivity index (χ0n) is 9.22. The van der Waals surface area contributed by atoms with Gasteiger partial charge in [-0.3, -0.25) is 0 Å². The number of aryl methyl sites for hydroxylation is 2. The summed E-state index contributed by atoms with van der Waals surface area (Å²) in [5.41, 5.74) is 2.50. The molecule has 0 aliphatic carbocycles. The zero-order chi connectivity index (χ0) is 9.84. The van der Waals surface area contributed by atoms with Crippen molar-refractivity contribution in [2.75, 3.05) is 0 Å². The van der Waals surface area contributed by atoms with E-state index in [2.05, 4.69) is 37.2 Å². The monoisotopic (exact) mass is 180 g/mol. The molecule has 0 atom stereocenters. The molecule has 74 valence electrons. The van der Waals surface area contributed by atoms with Gasteiger partial charge < -0.3 is 4.57 Å². The Bertz CT molecular complexity index is 274. The second-order valence-corrected chi connectivity index (χ2v) is 3.69. The van der Waals surface area contributed by atoms with Crippen molar-refractivity contribution in [3.8, 4) is 0 Å². The first kappa shape index (κ1) is 10.3. The van der Waals surface area contributed by atoms with Crippen LogP contribution in [0.15, 0.2) is 0 Å². The Morgan fingerprint density at radius 3 is 2.31 bits per heavy atom. The van der Waals surface area contributed by atoms with Gasteiger partial charge in [-0.05, 0) is 27.2 Å². The highest BCUT2D eigenvalue weighted by atomic mass is 15.1. The molecule has 0 spiro atoms. The van der Waals surface area contributed by atoms with E-state index < -0.39 is 0 Å². The summed E-state index contributed by atoms with van der Waals surface area (Å²) in [6.07, 6.45) is 3.87. The fraction of sp³-hybridized carbons (Fsp3) is 0.727. The molecule has 0 radical (unpaired) electrons. The number of hydrogen-bond donors (Lipinski definition) is 0. The van der Waals surface area contributed by atoms with Crippen LogP contribution in [0.1, 0.15) is 43.4 Å². The SMILES string of the molecule is CCCCCn1c(C)nc(C)c1C. The Balaban J connectivity index is 2.64. The zero-order valence-corrected chi connectivity index (χ0v) is 9.22. The van der Waals surface area contributed by atoms with Gasteiger partial charge in [0.2, 0.25) is 0 Å². The van der Waals surface area contributed by atoms with Crippen molar-refractivity contribution in [3.05, 3.63) is 17.2 Å². The first-order valence-corrected chi connectivity index (χ1v) is 5.17. The van der Waals surface area contributed by atoms with Gasteiger partial charge in [0, 0.05) is 12.2 Å². The molecule has 1 aromatic heterocycles. The largest absolute Gasteiger partial charge is 0.332 e. The smallest absolute Gasteiger partial charge is 0.106 e. The van der Waals surface area contributed by atoms with E-state index in [1.165, 1.54) is 30.7 Å². The minimum Gasteiger partial charge on any atom is -0.332 e. The first-order valence-electron chi connectivity index (χ1n) is 5.17. The van der Waals surface area contributed by atoms with E-state index in [1.807, 2.05) is 0 Å². The van der Waals surface area contributed by atoms with Gasteiger partial charge in [0.1, 0.15) is 5.82 Å². The molecule has 1 rings (SSSR count). The Morgan fingerprint density at radius 2 is 1.85 bits per heavy atom. The van der Waals surface area contributed by atoms with Gasteiger partial charge in [0.15, 0.2) is 0 Å². The molecule has 0 fully saturated rings. The number of aromatic nitrogens is 2. The molecule has 0 saturated carbocycles. The van der Waals surface area contributed by atoms with Gasteiger partial charge in [-0.15, -0.1) is 0 Å². The lowest BCUT2D eigenvalue weighted by Crippen LogP contribution is -2.02. The third kappa shape index (κ3) is 2.33. The summed E-state index contributed by atoms with van der Waals surface area (Å²) >= 11 is 0.